The molecule has 0 amide bonds. The fraction of sp³-hybridized carbons (Fsp3) is 0.111. The molecule has 0 fully saturated rings. The molecule has 0 aliphatic rings. The zero-order valence-corrected chi connectivity index (χ0v) is 8.30. The summed E-state index contributed by atoms with van der Waals surface area (Å²) in [5, 5.41) is 0. The molecule has 0 radical (unpaired) electrons. The van der Waals surface area contributed by atoms with Crippen molar-refractivity contribution in [2.75, 3.05) is 12.8 Å². The number of nitrogens with two attached hydrogens (primary N) is 1. The molecule has 72 valence electrons. The van der Waals surface area contributed by atoms with E-state index in [1.54, 1.807) is 17.6 Å². The van der Waals surface area contributed by atoms with Gasteiger partial charge in [0.15, 0.2) is 0 Å². The van der Waals surface area contributed by atoms with Gasteiger partial charge < -0.3 is 10.5 Å². The molecule has 0 spiro atoms. The van der Waals surface area contributed by atoms with E-state index in [2.05, 4.69) is 9.72 Å². The van der Waals surface area contributed by atoms with E-state index in [-0.39, 0.29) is 5.97 Å². The maximum atomic E-state index is 11.4. The van der Waals surface area contributed by atoms with E-state index in [9.17, 15) is 4.79 Å². The van der Waals surface area contributed by atoms with Crippen LogP contribution in [0, 0.1) is 0 Å². The molecular formula is C9H8N2O2S. The van der Waals surface area contributed by atoms with Crippen molar-refractivity contribution >= 4 is 33.2 Å². The summed E-state index contributed by atoms with van der Waals surface area (Å²) in [7, 11) is 1.35. The van der Waals surface area contributed by atoms with Gasteiger partial charge in [-0.25, -0.2) is 9.78 Å². The van der Waals surface area contributed by atoms with E-state index < -0.39 is 0 Å². The molecule has 5 heteroatoms. The maximum Gasteiger partial charge on any atom is 0.339 e. The topological polar surface area (TPSA) is 65.2 Å². The number of anilines is 1. The van der Waals surface area contributed by atoms with Crippen molar-refractivity contribution in [1.29, 1.82) is 0 Å². The minimum Gasteiger partial charge on any atom is -0.465 e. The summed E-state index contributed by atoms with van der Waals surface area (Å²) >= 11 is 1.40. The highest BCUT2D eigenvalue weighted by Gasteiger charge is 2.12. The zero-order valence-electron chi connectivity index (χ0n) is 7.48. The van der Waals surface area contributed by atoms with E-state index in [0.29, 0.717) is 11.3 Å². The standard InChI is InChI=1S/C9H8N2O2S/c1-13-9(12)6-2-5(10)3-7-8(6)14-4-11-7/h2-4H,10H2,1H3. The van der Waals surface area contributed by atoms with E-state index in [4.69, 9.17) is 5.73 Å². The smallest absolute Gasteiger partial charge is 0.339 e. The Kier molecular flexibility index (Phi) is 2.09. The second kappa shape index (κ2) is 3.26. The van der Waals surface area contributed by atoms with Crippen LogP contribution >= 0.6 is 11.3 Å². The Morgan fingerprint density at radius 3 is 3.07 bits per heavy atom. The molecule has 0 atom stereocenters. The quantitative estimate of drug-likeness (QED) is 0.571. The number of carbonyl (C=O) groups excluding carboxylic acids is 1. The number of fused-ring (bicyclic) bond motifs is 1. The van der Waals surface area contributed by atoms with Crippen molar-refractivity contribution in [3.05, 3.63) is 23.2 Å². The Labute approximate surface area is 84.3 Å². The normalized spacial score (nSPS) is 10.4. The molecule has 0 saturated carbocycles. The maximum absolute atomic E-state index is 11.4. The number of ether oxygens (including phenoxy) is 1. The lowest BCUT2D eigenvalue weighted by Gasteiger charge is -2.01. The highest BCUT2D eigenvalue weighted by Crippen LogP contribution is 2.25. The number of nitrogens with zero attached hydrogens (tertiary/aromatic N) is 1. The first-order chi connectivity index (χ1) is 6.72. The number of thiazole rings is 1. The molecule has 0 aliphatic carbocycles. The number of hydrogen-bond acceptors (Lipinski definition) is 5. The van der Waals surface area contributed by atoms with Crippen molar-refractivity contribution in [3.8, 4) is 0 Å². The van der Waals surface area contributed by atoms with Crippen LogP contribution in [0.2, 0.25) is 0 Å². The minimum atomic E-state index is -0.383. The Morgan fingerprint density at radius 1 is 1.57 bits per heavy atom. The molecule has 0 bridgehead atoms. The van der Waals surface area contributed by atoms with Gasteiger partial charge in [-0.05, 0) is 12.1 Å². The summed E-state index contributed by atoms with van der Waals surface area (Å²) in [6, 6.07) is 3.34. The van der Waals surface area contributed by atoms with Gasteiger partial charge in [0.1, 0.15) is 0 Å². The number of hydrogen-bond donors (Lipinski definition) is 1. The van der Waals surface area contributed by atoms with Crippen molar-refractivity contribution in [3.63, 3.8) is 0 Å². The van der Waals surface area contributed by atoms with Crippen LogP contribution in [0.25, 0.3) is 10.2 Å². The summed E-state index contributed by atoms with van der Waals surface area (Å²) in [6.45, 7) is 0. The first-order valence-corrected chi connectivity index (χ1v) is 4.81. The molecule has 1 aromatic carbocycles. The van der Waals surface area contributed by atoms with Gasteiger partial charge in [-0.2, -0.15) is 0 Å². The van der Waals surface area contributed by atoms with E-state index >= 15 is 0 Å². The average molecular weight is 208 g/mol. The fourth-order valence-corrected chi connectivity index (χ4v) is 2.03. The van der Waals surface area contributed by atoms with Gasteiger partial charge in [0, 0.05) is 5.69 Å². The summed E-state index contributed by atoms with van der Waals surface area (Å²) in [5.74, 6) is -0.383. The summed E-state index contributed by atoms with van der Waals surface area (Å²) in [6.07, 6.45) is 0. The van der Waals surface area contributed by atoms with Crippen LogP contribution in [-0.2, 0) is 4.74 Å². The number of aromatic nitrogens is 1. The van der Waals surface area contributed by atoms with Gasteiger partial charge in [-0.15, -0.1) is 11.3 Å². The highest BCUT2D eigenvalue weighted by molar-refractivity contribution is 7.17. The predicted molar refractivity (Wildman–Crippen MR) is 55.4 cm³/mol. The van der Waals surface area contributed by atoms with Crippen LogP contribution in [-0.4, -0.2) is 18.1 Å². The number of carbonyl (C=O) groups is 1. The Morgan fingerprint density at radius 2 is 2.36 bits per heavy atom. The third kappa shape index (κ3) is 1.31. The van der Waals surface area contributed by atoms with Crippen LogP contribution in [0.3, 0.4) is 0 Å². The minimum absolute atomic E-state index is 0.383. The van der Waals surface area contributed by atoms with E-state index in [1.807, 2.05) is 0 Å². The van der Waals surface area contributed by atoms with Crippen LogP contribution in [0.1, 0.15) is 10.4 Å². The third-order valence-corrected chi connectivity index (χ3v) is 2.73. The molecule has 1 aromatic heterocycles. The van der Waals surface area contributed by atoms with Crippen LogP contribution in [0.4, 0.5) is 5.69 Å². The van der Waals surface area contributed by atoms with Crippen LogP contribution in [0.15, 0.2) is 17.6 Å². The van der Waals surface area contributed by atoms with Gasteiger partial charge in [0.2, 0.25) is 0 Å². The fourth-order valence-electron chi connectivity index (χ4n) is 1.25. The van der Waals surface area contributed by atoms with Crippen molar-refractivity contribution in [2.45, 2.75) is 0 Å². The first kappa shape index (κ1) is 8.96. The first-order valence-electron chi connectivity index (χ1n) is 3.93. The third-order valence-electron chi connectivity index (χ3n) is 1.86. The molecule has 2 N–H and O–H groups in total. The molecule has 1 heterocycles. The molecule has 0 unspecified atom stereocenters. The average Bonchev–Trinajstić information content (AvgIpc) is 2.62. The lowest BCUT2D eigenvalue weighted by atomic mass is 10.2. The number of benzene rings is 1. The monoisotopic (exact) mass is 208 g/mol. The molecule has 2 aromatic rings. The van der Waals surface area contributed by atoms with Gasteiger partial charge >= 0.3 is 5.97 Å². The van der Waals surface area contributed by atoms with E-state index in [0.717, 1.165) is 10.2 Å². The molecule has 0 saturated heterocycles. The van der Waals surface area contributed by atoms with Crippen molar-refractivity contribution < 1.29 is 9.53 Å². The second-order valence-corrected chi connectivity index (χ2v) is 3.62. The van der Waals surface area contributed by atoms with Gasteiger partial charge in [-0.1, -0.05) is 0 Å². The summed E-state index contributed by atoms with van der Waals surface area (Å²) < 4.78 is 5.46. The predicted octanol–water partition coefficient (Wildman–Crippen LogP) is 1.67. The SMILES string of the molecule is COC(=O)c1cc(N)cc2ncsc12. The number of rotatable bonds is 1. The Hall–Kier alpha value is -1.62. The Bertz CT molecular complexity index is 493. The number of esters is 1. The highest BCUT2D eigenvalue weighted by atomic mass is 32.1. The molecule has 4 nitrogen and oxygen atoms in total. The van der Waals surface area contributed by atoms with Crippen molar-refractivity contribution in [1.82, 2.24) is 4.98 Å². The molecule has 0 aliphatic heterocycles. The number of nitrogen functional groups attached to an aromatic ring is 1. The second-order valence-electron chi connectivity index (χ2n) is 2.76. The lowest BCUT2D eigenvalue weighted by Crippen LogP contribution is -2.02. The molecular weight excluding hydrogens is 200 g/mol. The number of methoxy groups -OCH3 is 1. The van der Waals surface area contributed by atoms with Crippen molar-refractivity contribution in [2.24, 2.45) is 0 Å². The van der Waals surface area contributed by atoms with E-state index in [1.165, 1.54) is 18.4 Å². The van der Waals surface area contributed by atoms with Gasteiger partial charge in [0.25, 0.3) is 0 Å². The van der Waals surface area contributed by atoms with Gasteiger partial charge in [-0.3, -0.25) is 0 Å². The largest absolute Gasteiger partial charge is 0.465 e. The lowest BCUT2D eigenvalue weighted by molar-refractivity contribution is 0.0603. The van der Waals surface area contributed by atoms with Crippen LogP contribution < -0.4 is 5.73 Å². The zero-order chi connectivity index (χ0) is 10.1. The summed E-state index contributed by atoms with van der Waals surface area (Å²) in [5.41, 5.74) is 9.04. The summed E-state index contributed by atoms with van der Waals surface area (Å²) in [4.78, 5) is 15.5. The van der Waals surface area contributed by atoms with Crippen LogP contribution in [0.5, 0.6) is 0 Å². The molecule has 2 rings (SSSR count). The molecule has 14 heavy (non-hydrogen) atoms. The Balaban J connectivity index is 2.72. The van der Waals surface area contributed by atoms with Gasteiger partial charge in [0.05, 0.1) is 28.4 Å².